The van der Waals surface area contributed by atoms with Crippen LogP contribution in [0.5, 0.6) is 17.2 Å². The number of ether oxygens (including phenoxy) is 3. The lowest BCUT2D eigenvalue weighted by Gasteiger charge is -2.13. The highest BCUT2D eigenvalue weighted by atomic mass is 16.5. The Morgan fingerprint density at radius 3 is 2.47 bits per heavy atom. The maximum absolute atomic E-state index is 6.09. The van der Waals surface area contributed by atoms with Crippen LogP contribution in [0.1, 0.15) is 19.5 Å². The van der Waals surface area contributed by atoms with Gasteiger partial charge in [0.25, 0.3) is 0 Å². The second-order valence-corrected chi connectivity index (χ2v) is 6.30. The molecule has 0 bridgehead atoms. The molecule has 8 heteroatoms. The number of hydrogen-bond acceptors (Lipinski definition) is 5. The van der Waals surface area contributed by atoms with Gasteiger partial charge in [-0.2, -0.15) is 5.10 Å². The lowest BCUT2D eigenvalue weighted by Crippen LogP contribution is -2.23. The first-order valence-corrected chi connectivity index (χ1v) is 9.78. The standard InChI is InChI=1S/C22H27N5O3/c1-4-29-19-10-11-21(30-5-2)20(14-19)25-22(23)24-15-16-12-13-27(26-16)17-6-8-18(28-3)9-7-17/h6-14H,4-5,15H2,1-3H3,(H3,23,24,25). The van der Waals surface area contributed by atoms with Crippen LogP contribution in [0.2, 0.25) is 0 Å². The molecule has 158 valence electrons. The zero-order valence-corrected chi connectivity index (χ0v) is 17.5. The Hall–Kier alpha value is -3.68. The summed E-state index contributed by atoms with van der Waals surface area (Å²) in [4.78, 5) is 4.39. The van der Waals surface area contributed by atoms with Crippen LogP contribution in [0.4, 0.5) is 5.69 Å². The number of benzene rings is 2. The molecule has 8 nitrogen and oxygen atoms in total. The Morgan fingerprint density at radius 2 is 1.77 bits per heavy atom. The first kappa shape index (κ1) is 21.0. The highest BCUT2D eigenvalue weighted by molar-refractivity contribution is 5.94. The molecule has 0 saturated heterocycles. The summed E-state index contributed by atoms with van der Waals surface area (Å²) in [6.07, 6.45) is 1.88. The number of hydrogen-bond donors (Lipinski definition) is 2. The van der Waals surface area contributed by atoms with E-state index in [1.807, 2.05) is 68.6 Å². The molecule has 1 aromatic heterocycles. The van der Waals surface area contributed by atoms with E-state index in [1.54, 1.807) is 11.8 Å². The van der Waals surface area contributed by atoms with Crippen LogP contribution in [-0.2, 0) is 6.54 Å². The van der Waals surface area contributed by atoms with Crippen molar-refractivity contribution >= 4 is 11.6 Å². The zero-order valence-electron chi connectivity index (χ0n) is 17.5. The van der Waals surface area contributed by atoms with Crippen LogP contribution >= 0.6 is 0 Å². The number of nitrogens with one attached hydrogen (secondary N) is 1. The van der Waals surface area contributed by atoms with Crippen molar-refractivity contribution in [2.45, 2.75) is 20.4 Å². The van der Waals surface area contributed by atoms with Gasteiger partial charge in [-0.25, -0.2) is 9.67 Å². The molecule has 2 aromatic carbocycles. The largest absolute Gasteiger partial charge is 0.497 e. The molecule has 0 radical (unpaired) electrons. The summed E-state index contributed by atoms with van der Waals surface area (Å²) < 4.78 is 18.2. The molecule has 3 N–H and O–H groups in total. The average molecular weight is 409 g/mol. The van der Waals surface area contributed by atoms with Gasteiger partial charge < -0.3 is 25.3 Å². The molecular formula is C22H27N5O3. The molecule has 0 aliphatic rings. The minimum Gasteiger partial charge on any atom is -0.497 e. The molecule has 3 rings (SSSR count). The fourth-order valence-electron chi connectivity index (χ4n) is 2.81. The summed E-state index contributed by atoms with van der Waals surface area (Å²) in [6, 6.07) is 15.1. The summed E-state index contributed by atoms with van der Waals surface area (Å²) in [5.74, 6) is 2.48. The Kier molecular flexibility index (Phi) is 7.15. The number of nitrogens with zero attached hydrogens (tertiary/aromatic N) is 3. The van der Waals surface area contributed by atoms with E-state index < -0.39 is 0 Å². The Bertz CT molecular complexity index is 983. The predicted octanol–water partition coefficient (Wildman–Crippen LogP) is 3.61. The zero-order chi connectivity index (χ0) is 21.3. The summed E-state index contributed by atoms with van der Waals surface area (Å²) in [6.45, 7) is 5.33. The monoisotopic (exact) mass is 409 g/mol. The highest BCUT2D eigenvalue weighted by Gasteiger charge is 2.08. The van der Waals surface area contributed by atoms with Gasteiger partial charge in [-0.3, -0.25) is 0 Å². The molecule has 0 atom stereocenters. The van der Waals surface area contributed by atoms with Crippen LogP contribution in [0, 0.1) is 0 Å². The van der Waals surface area contributed by atoms with Gasteiger partial charge in [0.1, 0.15) is 17.2 Å². The van der Waals surface area contributed by atoms with E-state index in [9.17, 15) is 0 Å². The van der Waals surface area contributed by atoms with Crippen molar-refractivity contribution in [3.05, 3.63) is 60.4 Å². The average Bonchev–Trinajstić information content (AvgIpc) is 3.24. The van der Waals surface area contributed by atoms with E-state index in [-0.39, 0.29) is 5.96 Å². The van der Waals surface area contributed by atoms with E-state index in [0.29, 0.717) is 31.2 Å². The maximum atomic E-state index is 6.09. The first-order chi connectivity index (χ1) is 14.6. The molecule has 1 heterocycles. The number of aromatic nitrogens is 2. The van der Waals surface area contributed by atoms with Crippen molar-refractivity contribution in [1.82, 2.24) is 9.78 Å². The molecule has 0 aliphatic heterocycles. The number of rotatable bonds is 9. The van der Waals surface area contributed by atoms with Gasteiger partial charge in [-0.05, 0) is 56.3 Å². The molecule has 0 unspecified atom stereocenters. The van der Waals surface area contributed by atoms with Crippen molar-refractivity contribution in [1.29, 1.82) is 0 Å². The van der Waals surface area contributed by atoms with Gasteiger partial charge in [0, 0.05) is 12.3 Å². The Balaban J connectivity index is 1.68. The van der Waals surface area contributed by atoms with Gasteiger partial charge >= 0.3 is 0 Å². The third kappa shape index (κ3) is 5.44. The van der Waals surface area contributed by atoms with E-state index >= 15 is 0 Å². The molecule has 0 saturated carbocycles. The van der Waals surface area contributed by atoms with Crippen LogP contribution in [0.3, 0.4) is 0 Å². The van der Waals surface area contributed by atoms with Gasteiger partial charge in [0.2, 0.25) is 0 Å². The number of methoxy groups -OCH3 is 1. The van der Waals surface area contributed by atoms with Crippen molar-refractivity contribution in [2.24, 2.45) is 10.7 Å². The summed E-state index contributed by atoms with van der Waals surface area (Å²) in [5.41, 5.74) is 8.52. The molecule has 3 aromatic rings. The summed E-state index contributed by atoms with van der Waals surface area (Å²) >= 11 is 0. The van der Waals surface area contributed by atoms with E-state index in [0.717, 1.165) is 22.9 Å². The third-order valence-corrected chi connectivity index (χ3v) is 4.22. The number of guanidine groups is 1. The third-order valence-electron chi connectivity index (χ3n) is 4.22. The fourth-order valence-corrected chi connectivity index (χ4v) is 2.81. The number of anilines is 1. The second-order valence-electron chi connectivity index (χ2n) is 6.30. The Labute approximate surface area is 176 Å². The van der Waals surface area contributed by atoms with Crippen LogP contribution in [0.25, 0.3) is 5.69 Å². The lowest BCUT2D eigenvalue weighted by atomic mass is 10.2. The SMILES string of the molecule is CCOc1ccc(OCC)c(NC(N)=NCc2ccn(-c3ccc(OC)cc3)n2)c1. The topological polar surface area (TPSA) is 95.9 Å². The van der Waals surface area contributed by atoms with Crippen molar-refractivity contribution in [3.63, 3.8) is 0 Å². The van der Waals surface area contributed by atoms with E-state index in [4.69, 9.17) is 19.9 Å². The lowest BCUT2D eigenvalue weighted by molar-refractivity contribution is 0.332. The van der Waals surface area contributed by atoms with Crippen LogP contribution in [-0.4, -0.2) is 36.1 Å². The van der Waals surface area contributed by atoms with Crippen LogP contribution in [0.15, 0.2) is 59.7 Å². The van der Waals surface area contributed by atoms with Crippen LogP contribution < -0.4 is 25.3 Å². The van der Waals surface area contributed by atoms with Crippen molar-refractivity contribution < 1.29 is 14.2 Å². The van der Waals surface area contributed by atoms with Crippen molar-refractivity contribution in [2.75, 3.05) is 25.6 Å². The first-order valence-electron chi connectivity index (χ1n) is 9.78. The van der Waals surface area contributed by atoms with Crippen molar-refractivity contribution in [3.8, 4) is 22.9 Å². The van der Waals surface area contributed by atoms with E-state index in [1.165, 1.54) is 0 Å². The van der Waals surface area contributed by atoms with Gasteiger partial charge in [-0.1, -0.05) is 0 Å². The maximum Gasteiger partial charge on any atom is 0.193 e. The summed E-state index contributed by atoms with van der Waals surface area (Å²) in [5, 5.41) is 7.63. The smallest absolute Gasteiger partial charge is 0.193 e. The second kappa shape index (κ2) is 10.2. The van der Waals surface area contributed by atoms with E-state index in [2.05, 4.69) is 15.4 Å². The molecule has 30 heavy (non-hydrogen) atoms. The van der Waals surface area contributed by atoms with Gasteiger partial charge in [0.15, 0.2) is 5.96 Å². The highest BCUT2D eigenvalue weighted by Crippen LogP contribution is 2.29. The quantitative estimate of drug-likeness (QED) is 0.414. The molecule has 0 fully saturated rings. The minimum absolute atomic E-state index is 0.267. The van der Waals surface area contributed by atoms with Gasteiger partial charge in [-0.15, -0.1) is 0 Å². The summed E-state index contributed by atoms with van der Waals surface area (Å²) in [7, 11) is 1.64. The molecule has 0 spiro atoms. The minimum atomic E-state index is 0.267. The predicted molar refractivity (Wildman–Crippen MR) is 118 cm³/mol. The Morgan fingerprint density at radius 1 is 1.03 bits per heavy atom. The molecule has 0 amide bonds. The normalized spacial score (nSPS) is 11.2. The van der Waals surface area contributed by atoms with Gasteiger partial charge in [0.05, 0.1) is 43.9 Å². The molecule has 0 aliphatic carbocycles. The number of nitrogens with two attached hydrogens (primary N) is 1. The fraction of sp³-hybridized carbons (Fsp3) is 0.273. The molecular weight excluding hydrogens is 382 g/mol. The number of aliphatic imine (C=N–C) groups is 1.